The van der Waals surface area contributed by atoms with Gasteiger partial charge in [0.25, 0.3) is 0 Å². The molecule has 3 nitrogen and oxygen atoms in total. The van der Waals surface area contributed by atoms with Crippen molar-refractivity contribution in [1.29, 1.82) is 0 Å². The number of carbonyl (C=O) groups excluding carboxylic acids is 1. The topological polar surface area (TPSA) is 38.3 Å². The van der Waals surface area contributed by atoms with Crippen LogP contribution in [0.15, 0.2) is 22.7 Å². The smallest absolute Gasteiger partial charge is 0.404 e. The molecule has 0 aromatic heterocycles. The molecule has 0 aliphatic rings. The van der Waals surface area contributed by atoms with Gasteiger partial charge in [0.05, 0.1) is 11.1 Å². The van der Waals surface area contributed by atoms with Crippen LogP contribution in [0.25, 0.3) is 0 Å². The van der Waals surface area contributed by atoms with E-state index in [1.807, 2.05) is 0 Å². The van der Waals surface area contributed by atoms with Crippen molar-refractivity contribution < 1.29 is 22.7 Å². The van der Waals surface area contributed by atoms with Crippen LogP contribution in [0.2, 0.25) is 0 Å². The maximum absolute atomic E-state index is 12.3. The van der Waals surface area contributed by atoms with E-state index in [-0.39, 0.29) is 11.6 Å². The third-order valence-corrected chi connectivity index (χ3v) is 3.53. The molecule has 1 N–H and O–H groups in total. The number of alkyl halides is 4. The van der Waals surface area contributed by atoms with Gasteiger partial charge in [-0.25, -0.2) is 0 Å². The summed E-state index contributed by atoms with van der Waals surface area (Å²) in [4.78, 5) is 11.9. The second kappa shape index (κ2) is 6.22. The Morgan fingerprint density at radius 3 is 2.50 bits per heavy atom. The van der Waals surface area contributed by atoms with Gasteiger partial charge in [-0.3, -0.25) is 4.79 Å². The van der Waals surface area contributed by atoms with Crippen LogP contribution in [0, 0.1) is 5.41 Å². The highest BCUT2D eigenvalue weighted by molar-refractivity contribution is 9.10. The zero-order chi connectivity index (χ0) is 15.6. The molecular weight excluding hydrogens is 362 g/mol. The van der Waals surface area contributed by atoms with E-state index in [9.17, 15) is 18.0 Å². The minimum atomic E-state index is -4.84. The fourth-order valence-corrected chi connectivity index (χ4v) is 1.62. The maximum atomic E-state index is 12.3. The molecule has 0 bridgehead atoms. The summed E-state index contributed by atoms with van der Waals surface area (Å²) in [6.45, 7) is 3.16. The van der Waals surface area contributed by atoms with Crippen LogP contribution < -0.4 is 10.1 Å². The van der Waals surface area contributed by atoms with Gasteiger partial charge >= 0.3 is 6.36 Å². The van der Waals surface area contributed by atoms with Gasteiger partial charge in [-0.1, -0.05) is 15.9 Å². The van der Waals surface area contributed by atoms with Gasteiger partial charge in [0.15, 0.2) is 5.75 Å². The molecule has 1 rings (SSSR count). The van der Waals surface area contributed by atoms with Crippen molar-refractivity contribution in [2.45, 2.75) is 20.2 Å². The lowest BCUT2D eigenvalue weighted by Gasteiger charge is -2.22. The fourth-order valence-electron chi connectivity index (χ4n) is 1.16. The fraction of sp³-hybridized carbons (Fsp3) is 0.417. The molecule has 0 heterocycles. The number of anilines is 1. The lowest BCUT2D eigenvalue weighted by molar-refractivity contribution is -0.274. The number of amides is 1. The molecule has 0 spiro atoms. The molecular formula is C12H12BrClF3NO2. The summed E-state index contributed by atoms with van der Waals surface area (Å²) in [7, 11) is 0. The average molecular weight is 375 g/mol. The highest BCUT2D eigenvalue weighted by atomic mass is 79.9. The number of rotatable bonds is 4. The molecule has 0 unspecified atom stereocenters. The first kappa shape index (κ1) is 17.1. The summed E-state index contributed by atoms with van der Waals surface area (Å²) in [5.41, 5.74) is -0.988. The number of nitrogens with one attached hydrogen (secondary N) is 1. The third-order valence-electron chi connectivity index (χ3n) is 2.37. The molecule has 8 heteroatoms. The van der Waals surface area contributed by atoms with Crippen molar-refractivity contribution >= 4 is 39.1 Å². The van der Waals surface area contributed by atoms with Crippen LogP contribution >= 0.6 is 27.5 Å². The zero-order valence-electron chi connectivity index (χ0n) is 10.6. The number of carbonyl (C=O) groups is 1. The molecule has 0 radical (unpaired) electrons. The summed E-state index contributed by atoms with van der Waals surface area (Å²) >= 11 is 8.69. The maximum Gasteiger partial charge on any atom is 0.573 e. The summed E-state index contributed by atoms with van der Waals surface area (Å²) in [6.07, 6.45) is -4.84. The summed E-state index contributed by atoms with van der Waals surface area (Å²) in [6, 6.07) is 3.93. The lowest BCUT2D eigenvalue weighted by atomic mass is 9.95. The van der Waals surface area contributed by atoms with Gasteiger partial charge in [-0.15, -0.1) is 24.8 Å². The average Bonchev–Trinajstić information content (AvgIpc) is 2.30. The van der Waals surface area contributed by atoms with Crippen molar-refractivity contribution in [2.75, 3.05) is 11.2 Å². The minimum absolute atomic E-state index is 0.0326. The zero-order valence-corrected chi connectivity index (χ0v) is 13.0. The van der Waals surface area contributed by atoms with E-state index in [2.05, 4.69) is 26.0 Å². The molecule has 20 heavy (non-hydrogen) atoms. The van der Waals surface area contributed by atoms with E-state index < -0.39 is 23.4 Å². The molecule has 0 aliphatic carbocycles. The summed E-state index contributed by atoms with van der Waals surface area (Å²) in [5, 5.41) is 2.38. The Morgan fingerprint density at radius 2 is 2.00 bits per heavy atom. The van der Waals surface area contributed by atoms with Crippen LogP contribution in [0.5, 0.6) is 5.75 Å². The van der Waals surface area contributed by atoms with Crippen molar-refractivity contribution in [2.24, 2.45) is 5.41 Å². The van der Waals surface area contributed by atoms with Gasteiger partial charge in [0.1, 0.15) is 0 Å². The van der Waals surface area contributed by atoms with Crippen LogP contribution in [-0.2, 0) is 4.79 Å². The molecule has 0 fully saturated rings. The molecule has 0 aliphatic heterocycles. The van der Waals surface area contributed by atoms with Crippen molar-refractivity contribution in [3.63, 3.8) is 0 Å². The van der Waals surface area contributed by atoms with E-state index in [0.29, 0.717) is 4.47 Å². The number of hydrogen-bond donors (Lipinski definition) is 1. The highest BCUT2D eigenvalue weighted by Crippen LogP contribution is 2.34. The first-order valence-corrected chi connectivity index (χ1v) is 6.80. The summed E-state index contributed by atoms with van der Waals surface area (Å²) < 4.78 is 41.2. The third kappa shape index (κ3) is 4.86. The van der Waals surface area contributed by atoms with E-state index >= 15 is 0 Å². The van der Waals surface area contributed by atoms with Crippen LogP contribution in [-0.4, -0.2) is 18.1 Å². The SMILES string of the molecule is CC(C)(CCl)C(=O)Nc1ccc(Br)cc1OC(F)(F)F. The van der Waals surface area contributed by atoms with E-state index in [0.717, 1.165) is 6.07 Å². The van der Waals surface area contributed by atoms with Gasteiger partial charge in [-0.2, -0.15) is 0 Å². The van der Waals surface area contributed by atoms with Crippen molar-refractivity contribution in [3.05, 3.63) is 22.7 Å². The predicted octanol–water partition coefficient (Wildman–Crippen LogP) is 4.55. The van der Waals surface area contributed by atoms with Crippen LogP contribution in [0.3, 0.4) is 0 Å². The molecule has 1 aromatic rings. The molecule has 112 valence electrons. The largest absolute Gasteiger partial charge is 0.573 e. The normalized spacial score (nSPS) is 12.2. The number of ether oxygens (including phenoxy) is 1. The Morgan fingerprint density at radius 1 is 1.40 bits per heavy atom. The van der Waals surface area contributed by atoms with E-state index in [1.54, 1.807) is 13.8 Å². The van der Waals surface area contributed by atoms with Crippen molar-refractivity contribution in [3.8, 4) is 5.75 Å². The molecule has 0 saturated heterocycles. The second-order valence-electron chi connectivity index (χ2n) is 4.66. The number of benzene rings is 1. The van der Waals surface area contributed by atoms with Gasteiger partial charge < -0.3 is 10.1 Å². The lowest BCUT2D eigenvalue weighted by Crippen LogP contribution is -2.32. The van der Waals surface area contributed by atoms with Crippen LogP contribution in [0.4, 0.5) is 18.9 Å². The Hall–Kier alpha value is -0.950. The van der Waals surface area contributed by atoms with Crippen LogP contribution in [0.1, 0.15) is 13.8 Å². The number of hydrogen-bond acceptors (Lipinski definition) is 2. The molecule has 0 atom stereocenters. The van der Waals surface area contributed by atoms with Crippen molar-refractivity contribution in [1.82, 2.24) is 0 Å². The molecule has 1 amide bonds. The van der Waals surface area contributed by atoms with Gasteiger partial charge in [0, 0.05) is 10.4 Å². The number of halogens is 5. The second-order valence-corrected chi connectivity index (χ2v) is 5.84. The first-order valence-electron chi connectivity index (χ1n) is 5.48. The Kier molecular flexibility index (Phi) is 5.32. The minimum Gasteiger partial charge on any atom is -0.404 e. The standard InChI is InChI=1S/C12H12BrClF3NO2/c1-11(2,6-14)10(19)18-8-4-3-7(13)5-9(8)20-12(15,16)17/h3-5H,6H2,1-2H3,(H,18,19). The van der Waals surface area contributed by atoms with Gasteiger partial charge in [-0.05, 0) is 32.0 Å². The molecule has 1 aromatic carbocycles. The Bertz CT molecular complexity index is 506. The predicted molar refractivity (Wildman–Crippen MR) is 74.0 cm³/mol. The van der Waals surface area contributed by atoms with E-state index in [1.165, 1.54) is 12.1 Å². The Labute approximate surface area is 127 Å². The summed E-state index contributed by atoms with van der Waals surface area (Å²) in [5.74, 6) is -0.961. The monoisotopic (exact) mass is 373 g/mol. The molecule has 0 saturated carbocycles. The first-order chi connectivity index (χ1) is 9.05. The highest BCUT2D eigenvalue weighted by Gasteiger charge is 2.33. The van der Waals surface area contributed by atoms with E-state index in [4.69, 9.17) is 11.6 Å². The van der Waals surface area contributed by atoms with Gasteiger partial charge in [0.2, 0.25) is 5.91 Å². The Balaban J connectivity index is 3.04. The quantitative estimate of drug-likeness (QED) is 0.785.